The van der Waals surface area contributed by atoms with Gasteiger partial charge in [0.2, 0.25) is 11.8 Å². The van der Waals surface area contributed by atoms with Gasteiger partial charge in [-0.25, -0.2) is 0 Å². The lowest BCUT2D eigenvalue weighted by Crippen LogP contribution is -2.37. The summed E-state index contributed by atoms with van der Waals surface area (Å²) in [5, 5.41) is 0. The summed E-state index contributed by atoms with van der Waals surface area (Å²) in [7, 11) is 0. The van der Waals surface area contributed by atoms with E-state index in [1.165, 1.54) is 11.1 Å². The fraction of sp³-hybridized carbons (Fsp3) is 0.462. The van der Waals surface area contributed by atoms with Crippen LogP contribution in [0.15, 0.2) is 54.6 Å². The van der Waals surface area contributed by atoms with E-state index >= 15 is 0 Å². The molecule has 3 aliphatic heterocycles. The Balaban J connectivity index is 1.16. The number of likely N-dealkylation sites (tertiary alicyclic amines) is 2. The Morgan fingerprint density at radius 3 is 2.35 bits per heavy atom. The zero-order chi connectivity index (χ0) is 21.3. The summed E-state index contributed by atoms with van der Waals surface area (Å²) in [6.07, 6.45) is 4.49. The van der Waals surface area contributed by atoms with Gasteiger partial charge < -0.3 is 9.80 Å². The quantitative estimate of drug-likeness (QED) is 0.723. The first-order valence-electron chi connectivity index (χ1n) is 11.6. The highest BCUT2D eigenvalue weighted by Gasteiger charge is 2.50. The van der Waals surface area contributed by atoms with Crippen LogP contribution in [0.1, 0.15) is 36.8 Å². The smallest absolute Gasteiger partial charge is 0.230 e. The third-order valence-corrected chi connectivity index (χ3v) is 7.27. The summed E-state index contributed by atoms with van der Waals surface area (Å²) in [4.78, 5) is 31.6. The van der Waals surface area contributed by atoms with Crippen LogP contribution in [0.4, 0.5) is 5.69 Å². The van der Waals surface area contributed by atoms with Crippen molar-refractivity contribution >= 4 is 17.5 Å². The normalized spacial score (nSPS) is 24.1. The van der Waals surface area contributed by atoms with Gasteiger partial charge in [0.1, 0.15) is 0 Å². The maximum absolute atomic E-state index is 13.2. The third kappa shape index (κ3) is 4.11. The van der Waals surface area contributed by atoms with Crippen LogP contribution in [0.3, 0.4) is 0 Å². The molecule has 0 aliphatic carbocycles. The minimum atomic E-state index is -0.182. The predicted octanol–water partition coefficient (Wildman–Crippen LogP) is 3.48. The summed E-state index contributed by atoms with van der Waals surface area (Å²) in [6.45, 7) is 5.24. The van der Waals surface area contributed by atoms with Crippen LogP contribution in [-0.2, 0) is 22.6 Å². The lowest BCUT2D eigenvalue weighted by atomic mass is 9.85. The lowest BCUT2D eigenvalue weighted by molar-refractivity contribution is -0.135. The fourth-order valence-corrected chi connectivity index (χ4v) is 5.45. The van der Waals surface area contributed by atoms with E-state index in [1.54, 1.807) is 0 Å². The van der Waals surface area contributed by atoms with Crippen molar-refractivity contribution in [1.29, 1.82) is 0 Å². The molecule has 5 nitrogen and oxygen atoms in total. The van der Waals surface area contributed by atoms with Crippen LogP contribution in [0.2, 0.25) is 0 Å². The van der Waals surface area contributed by atoms with Crippen molar-refractivity contribution < 1.29 is 9.59 Å². The second kappa shape index (κ2) is 8.46. The molecule has 1 atom stereocenters. The molecule has 0 aromatic heterocycles. The molecule has 2 aromatic carbocycles. The van der Waals surface area contributed by atoms with E-state index in [0.29, 0.717) is 12.3 Å². The summed E-state index contributed by atoms with van der Waals surface area (Å²) in [5.74, 6) is 0.583. The molecule has 1 unspecified atom stereocenters. The van der Waals surface area contributed by atoms with Gasteiger partial charge in [-0.2, -0.15) is 0 Å². The summed E-state index contributed by atoms with van der Waals surface area (Å²) >= 11 is 0. The van der Waals surface area contributed by atoms with Crippen molar-refractivity contribution in [3.63, 3.8) is 0 Å². The second-order valence-electron chi connectivity index (χ2n) is 9.33. The summed E-state index contributed by atoms with van der Waals surface area (Å²) in [5.41, 5.74) is 3.37. The first-order chi connectivity index (χ1) is 15.1. The number of carbonyl (C=O) groups excluding carboxylic acids is 2. The van der Waals surface area contributed by atoms with E-state index in [9.17, 15) is 9.59 Å². The molecular formula is C26H31N3O2. The lowest BCUT2D eigenvalue weighted by Gasteiger charge is -2.24. The molecule has 3 heterocycles. The molecule has 0 radical (unpaired) electrons. The fourth-order valence-electron chi connectivity index (χ4n) is 5.45. The van der Waals surface area contributed by atoms with Crippen molar-refractivity contribution in [1.82, 2.24) is 9.80 Å². The Hall–Kier alpha value is -2.66. The van der Waals surface area contributed by atoms with Crippen molar-refractivity contribution in [3.8, 4) is 0 Å². The molecule has 0 N–H and O–H groups in total. The number of hydrogen-bond acceptors (Lipinski definition) is 3. The first kappa shape index (κ1) is 20.3. The van der Waals surface area contributed by atoms with E-state index in [0.717, 1.165) is 70.6 Å². The van der Waals surface area contributed by atoms with Gasteiger partial charge in [0.25, 0.3) is 0 Å². The molecule has 2 aromatic rings. The highest BCUT2D eigenvalue weighted by molar-refractivity contribution is 5.95. The van der Waals surface area contributed by atoms with E-state index in [2.05, 4.69) is 58.3 Å². The number of benzene rings is 2. The molecule has 1 spiro atoms. The average molecular weight is 418 g/mol. The van der Waals surface area contributed by atoms with Crippen LogP contribution in [0.25, 0.3) is 0 Å². The zero-order valence-electron chi connectivity index (χ0n) is 18.1. The van der Waals surface area contributed by atoms with Crippen LogP contribution < -0.4 is 4.90 Å². The predicted molar refractivity (Wildman–Crippen MR) is 122 cm³/mol. The SMILES string of the molecule is O=C1CCCN1c1ccc(CN2CCC3(CCN(CCc4ccccc4)C3=O)C2)cc1. The number of rotatable bonds is 6. The number of anilines is 1. The molecule has 5 heteroatoms. The zero-order valence-corrected chi connectivity index (χ0v) is 18.1. The molecule has 3 fully saturated rings. The minimum Gasteiger partial charge on any atom is -0.342 e. The maximum atomic E-state index is 13.2. The van der Waals surface area contributed by atoms with E-state index < -0.39 is 0 Å². The standard InChI is InChI=1S/C26H31N3O2/c30-24-7-4-15-29(24)23-10-8-22(9-11-23)19-27-17-13-26(20-27)14-18-28(25(26)31)16-12-21-5-2-1-3-6-21/h1-3,5-6,8-11H,4,7,12-20H2. The van der Waals surface area contributed by atoms with Gasteiger partial charge in [0.05, 0.1) is 5.41 Å². The molecule has 162 valence electrons. The number of nitrogens with zero attached hydrogens (tertiary/aromatic N) is 3. The van der Waals surface area contributed by atoms with Crippen molar-refractivity contribution in [2.75, 3.05) is 37.6 Å². The van der Waals surface area contributed by atoms with Gasteiger partial charge in [-0.1, -0.05) is 42.5 Å². The Labute approximate surface area is 184 Å². The number of carbonyl (C=O) groups is 2. The van der Waals surface area contributed by atoms with Gasteiger partial charge >= 0.3 is 0 Å². The molecular weight excluding hydrogens is 386 g/mol. The summed E-state index contributed by atoms with van der Waals surface area (Å²) < 4.78 is 0. The highest BCUT2D eigenvalue weighted by atomic mass is 16.2. The molecule has 0 saturated carbocycles. The Bertz CT molecular complexity index is 943. The highest BCUT2D eigenvalue weighted by Crippen LogP contribution is 2.41. The average Bonchev–Trinajstić information content (AvgIpc) is 3.49. The second-order valence-corrected chi connectivity index (χ2v) is 9.33. The monoisotopic (exact) mass is 417 g/mol. The Kier molecular flexibility index (Phi) is 5.53. The van der Waals surface area contributed by atoms with Crippen molar-refractivity contribution in [2.45, 2.75) is 38.6 Å². The number of hydrogen-bond donors (Lipinski definition) is 0. The topological polar surface area (TPSA) is 43.9 Å². The van der Waals surface area contributed by atoms with Crippen LogP contribution in [0, 0.1) is 5.41 Å². The number of amides is 2. The van der Waals surface area contributed by atoms with E-state index in [1.807, 2.05) is 11.0 Å². The molecule has 5 rings (SSSR count). The van der Waals surface area contributed by atoms with E-state index in [-0.39, 0.29) is 11.3 Å². The van der Waals surface area contributed by atoms with Gasteiger partial charge in [-0.3, -0.25) is 14.5 Å². The summed E-state index contributed by atoms with van der Waals surface area (Å²) in [6, 6.07) is 18.8. The first-order valence-corrected chi connectivity index (χ1v) is 11.6. The van der Waals surface area contributed by atoms with Crippen molar-refractivity contribution in [2.24, 2.45) is 5.41 Å². The largest absolute Gasteiger partial charge is 0.342 e. The third-order valence-electron chi connectivity index (χ3n) is 7.27. The molecule has 31 heavy (non-hydrogen) atoms. The molecule has 3 aliphatic rings. The van der Waals surface area contributed by atoms with Gasteiger partial charge in [-0.05, 0) is 55.5 Å². The van der Waals surface area contributed by atoms with Gasteiger partial charge in [0.15, 0.2) is 0 Å². The van der Waals surface area contributed by atoms with Crippen LogP contribution >= 0.6 is 0 Å². The minimum absolute atomic E-state index is 0.182. The maximum Gasteiger partial charge on any atom is 0.230 e. The van der Waals surface area contributed by atoms with Gasteiger partial charge in [0, 0.05) is 44.8 Å². The molecule has 3 saturated heterocycles. The Morgan fingerprint density at radius 1 is 0.839 bits per heavy atom. The van der Waals surface area contributed by atoms with E-state index in [4.69, 9.17) is 0 Å². The molecule has 0 bridgehead atoms. The Morgan fingerprint density at radius 2 is 1.61 bits per heavy atom. The van der Waals surface area contributed by atoms with Crippen LogP contribution in [0.5, 0.6) is 0 Å². The van der Waals surface area contributed by atoms with Crippen molar-refractivity contribution in [3.05, 3.63) is 65.7 Å². The molecule has 2 amide bonds. The van der Waals surface area contributed by atoms with Gasteiger partial charge in [-0.15, -0.1) is 0 Å². The van der Waals surface area contributed by atoms with Crippen LogP contribution in [-0.4, -0.2) is 54.3 Å².